The van der Waals surface area contributed by atoms with E-state index in [9.17, 15) is 4.79 Å². The summed E-state index contributed by atoms with van der Waals surface area (Å²) in [6.45, 7) is 8.26. The van der Waals surface area contributed by atoms with Crippen LogP contribution >= 0.6 is 0 Å². The molecule has 2 aromatic carbocycles. The number of carbonyl (C=O) groups excluding carboxylic acids is 1. The molecule has 0 radical (unpaired) electrons. The summed E-state index contributed by atoms with van der Waals surface area (Å²) in [7, 11) is 0. The second-order valence-electron chi connectivity index (χ2n) is 5.97. The van der Waals surface area contributed by atoms with Gasteiger partial charge in [0.15, 0.2) is 0 Å². The van der Waals surface area contributed by atoms with Crippen LogP contribution in [0.15, 0.2) is 54.6 Å². The normalized spacial score (nSPS) is 10.8. The van der Waals surface area contributed by atoms with Crippen molar-refractivity contribution in [2.45, 2.75) is 26.7 Å². The van der Waals surface area contributed by atoms with Crippen molar-refractivity contribution in [3.63, 3.8) is 0 Å². The van der Waals surface area contributed by atoms with E-state index in [1.807, 2.05) is 30.3 Å². The van der Waals surface area contributed by atoms with E-state index in [0.29, 0.717) is 6.42 Å². The van der Waals surface area contributed by atoms with Gasteiger partial charge in [-0.1, -0.05) is 68.4 Å². The second-order valence-corrected chi connectivity index (χ2v) is 5.97. The fourth-order valence-corrected chi connectivity index (χ4v) is 2.76. The van der Waals surface area contributed by atoms with Crippen molar-refractivity contribution in [2.24, 2.45) is 0 Å². The standard InChI is InChI=1S/C21H28N2O/c1-3-23(4-2)16-8-15-22-21(24)17-18-11-13-20(14-12-18)19-9-6-5-7-10-19/h5-7,9-14H,3-4,8,15-17H2,1-2H3,(H,22,24). The lowest BCUT2D eigenvalue weighted by Crippen LogP contribution is -2.30. The van der Waals surface area contributed by atoms with Gasteiger partial charge in [0.25, 0.3) is 0 Å². The molecule has 0 aliphatic carbocycles. The molecule has 128 valence electrons. The van der Waals surface area contributed by atoms with Crippen LogP contribution in [-0.4, -0.2) is 37.0 Å². The summed E-state index contributed by atoms with van der Waals surface area (Å²) in [5, 5.41) is 3.02. The second kappa shape index (κ2) is 9.89. The molecule has 0 bridgehead atoms. The van der Waals surface area contributed by atoms with Crippen molar-refractivity contribution in [1.82, 2.24) is 10.2 Å². The number of nitrogens with zero attached hydrogens (tertiary/aromatic N) is 1. The van der Waals surface area contributed by atoms with Crippen molar-refractivity contribution < 1.29 is 4.79 Å². The Morgan fingerprint density at radius 3 is 2.17 bits per heavy atom. The van der Waals surface area contributed by atoms with E-state index in [4.69, 9.17) is 0 Å². The predicted molar refractivity (Wildman–Crippen MR) is 101 cm³/mol. The van der Waals surface area contributed by atoms with Gasteiger partial charge < -0.3 is 10.2 Å². The summed E-state index contributed by atoms with van der Waals surface area (Å²) in [5.41, 5.74) is 3.43. The molecule has 0 aromatic heterocycles. The van der Waals surface area contributed by atoms with E-state index in [0.717, 1.165) is 38.2 Å². The van der Waals surface area contributed by atoms with Crippen molar-refractivity contribution in [2.75, 3.05) is 26.2 Å². The number of carbonyl (C=O) groups is 1. The molecule has 0 heterocycles. The van der Waals surface area contributed by atoms with Gasteiger partial charge in [-0.05, 0) is 42.7 Å². The van der Waals surface area contributed by atoms with Gasteiger partial charge in [0, 0.05) is 6.54 Å². The first kappa shape index (κ1) is 18.2. The van der Waals surface area contributed by atoms with Crippen LogP contribution in [0.25, 0.3) is 11.1 Å². The van der Waals surface area contributed by atoms with Crippen LogP contribution in [-0.2, 0) is 11.2 Å². The minimum Gasteiger partial charge on any atom is -0.356 e. The van der Waals surface area contributed by atoms with Gasteiger partial charge >= 0.3 is 0 Å². The SMILES string of the molecule is CCN(CC)CCCNC(=O)Cc1ccc(-c2ccccc2)cc1. The highest BCUT2D eigenvalue weighted by Gasteiger charge is 2.04. The van der Waals surface area contributed by atoms with Gasteiger partial charge in [-0.3, -0.25) is 4.79 Å². The van der Waals surface area contributed by atoms with Crippen LogP contribution < -0.4 is 5.32 Å². The van der Waals surface area contributed by atoms with Gasteiger partial charge in [0.2, 0.25) is 5.91 Å². The molecular weight excluding hydrogens is 296 g/mol. The molecule has 0 saturated carbocycles. The van der Waals surface area contributed by atoms with E-state index in [2.05, 4.69) is 48.3 Å². The molecule has 0 aliphatic heterocycles. The van der Waals surface area contributed by atoms with Crippen molar-refractivity contribution in [3.05, 3.63) is 60.2 Å². The van der Waals surface area contributed by atoms with Crippen LogP contribution in [0.2, 0.25) is 0 Å². The summed E-state index contributed by atoms with van der Waals surface area (Å²) >= 11 is 0. The molecule has 24 heavy (non-hydrogen) atoms. The van der Waals surface area contributed by atoms with Crippen LogP contribution in [0.1, 0.15) is 25.8 Å². The Labute approximate surface area is 145 Å². The number of rotatable bonds is 9. The van der Waals surface area contributed by atoms with Gasteiger partial charge in [-0.15, -0.1) is 0 Å². The summed E-state index contributed by atoms with van der Waals surface area (Å²) in [4.78, 5) is 14.4. The van der Waals surface area contributed by atoms with E-state index in [1.54, 1.807) is 0 Å². The van der Waals surface area contributed by atoms with E-state index < -0.39 is 0 Å². The Morgan fingerprint density at radius 1 is 0.917 bits per heavy atom. The Bertz CT molecular complexity index is 603. The number of benzene rings is 2. The highest BCUT2D eigenvalue weighted by Crippen LogP contribution is 2.19. The quantitative estimate of drug-likeness (QED) is 0.713. The molecule has 0 fully saturated rings. The molecular formula is C21H28N2O. The summed E-state index contributed by atoms with van der Waals surface area (Å²) in [5.74, 6) is 0.0991. The first-order valence-corrected chi connectivity index (χ1v) is 8.86. The molecule has 0 unspecified atom stereocenters. The van der Waals surface area contributed by atoms with Crippen LogP contribution in [0.3, 0.4) is 0 Å². The summed E-state index contributed by atoms with van der Waals surface area (Å²) < 4.78 is 0. The maximum atomic E-state index is 12.0. The highest BCUT2D eigenvalue weighted by molar-refractivity contribution is 5.78. The zero-order chi connectivity index (χ0) is 17.2. The first-order chi connectivity index (χ1) is 11.7. The Morgan fingerprint density at radius 2 is 1.54 bits per heavy atom. The fraction of sp³-hybridized carbons (Fsp3) is 0.381. The predicted octanol–water partition coefficient (Wildman–Crippen LogP) is 3.74. The zero-order valence-corrected chi connectivity index (χ0v) is 14.8. The largest absolute Gasteiger partial charge is 0.356 e. The van der Waals surface area contributed by atoms with Gasteiger partial charge in [-0.2, -0.15) is 0 Å². The van der Waals surface area contributed by atoms with Gasteiger partial charge in [-0.25, -0.2) is 0 Å². The third-order valence-electron chi connectivity index (χ3n) is 4.29. The topological polar surface area (TPSA) is 32.3 Å². The molecule has 0 saturated heterocycles. The Balaban J connectivity index is 1.76. The minimum atomic E-state index is 0.0991. The van der Waals surface area contributed by atoms with E-state index in [1.165, 1.54) is 11.1 Å². The molecule has 0 aliphatic rings. The average molecular weight is 324 g/mol. The van der Waals surface area contributed by atoms with Gasteiger partial charge in [0.05, 0.1) is 6.42 Å². The third kappa shape index (κ3) is 5.82. The lowest BCUT2D eigenvalue weighted by atomic mass is 10.0. The smallest absolute Gasteiger partial charge is 0.224 e. The highest BCUT2D eigenvalue weighted by atomic mass is 16.1. The van der Waals surface area contributed by atoms with Crippen molar-refractivity contribution in [3.8, 4) is 11.1 Å². The fourth-order valence-electron chi connectivity index (χ4n) is 2.76. The molecule has 2 aromatic rings. The first-order valence-electron chi connectivity index (χ1n) is 8.86. The summed E-state index contributed by atoms with van der Waals surface area (Å²) in [6, 6.07) is 18.5. The molecule has 1 amide bonds. The number of hydrogen-bond donors (Lipinski definition) is 1. The summed E-state index contributed by atoms with van der Waals surface area (Å²) in [6.07, 6.45) is 1.45. The van der Waals surface area contributed by atoms with Crippen molar-refractivity contribution >= 4 is 5.91 Å². The van der Waals surface area contributed by atoms with E-state index in [-0.39, 0.29) is 5.91 Å². The van der Waals surface area contributed by atoms with E-state index >= 15 is 0 Å². The Hall–Kier alpha value is -2.13. The molecule has 0 atom stereocenters. The van der Waals surface area contributed by atoms with Gasteiger partial charge in [0.1, 0.15) is 0 Å². The Kier molecular flexibility index (Phi) is 7.50. The molecule has 1 N–H and O–H groups in total. The number of amides is 1. The minimum absolute atomic E-state index is 0.0991. The van der Waals surface area contributed by atoms with Crippen molar-refractivity contribution in [1.29, 1.82) is 0 Å². The van der Waals surface area contributed by atoms with Crippen LogP contribution in [0.5, 0.6) is 0 Å². The monoisotopic (exact) mass is 324 g/mol. The zero-order valence-electron chi connectivity index (χ0n) is 14.8. The lowest BCUT2D eigenvalue weighted by Gasteiger charge is -2.17. The molecule has 0 spiro atoms. The van der Waals surface area contributed by atoms with Crippen LogP contribution in [0.4, 0.5) is 0 Å². The van der Waals surface area contributed by atoms with Crippen LogP contribution in [0, 0.1) is 0 Å². The molecule has 2 rings (SSSR count). The maximum absolute atomic E-state index is 12.0. The number of hydrogen-bond acceptors (Lipinski definition) is 2. The number of nitrogens with one attached hydrogen (secondary N) is 1. The average Bonchev–Trinajstić information content (AvgIpc) is 2.63. The molecule has 3 nitrogen and oxygen atoms in total. The molecule has 3 heteroatoms. The maximum Gasteiger partial charge on any atom is 0.224 e. The lowest BCUT2D eigenvalue weighted by molar-refractivity contribution is -0.120. The third-order valence-corrected chi connectivity index (χ3v) is 4.29.